The number of ether oxygens (including phenoxy) is 1. The summed E-state index contributed by atoms with van der Waals surface area (Å²) >= 11 is 0. The van der Waals surface area contributed by atoms with Crippen molar-refractivity contribution in [3.8, 4) is 0 Å². The molecule has 4 amide bonds. The van der Waals surface area contributed by atoms with Crippen LogP contribution >= 0.6 is 0 Å². The van der Waals surface area contributed by atoms with Gasteiger partial charge in [0.2, 0.25) is 0 Å². The third-order valence-corrected chi connectivity index (χ3v) is 4.71. The van der Waals surface area contributed by atoms with Crippen molar-refractivity contribution in [1.29, 1.82) is 0 Å². The first-order valence-corrected chi connectivity index (χ1v) is 8.77. The molecule has 0 aliphatic carbocycles. The minimum absolute atomic E-state index is 0.0990. The van der Waals surface area contributed by atoms with Gasteiger partial charge >= 0.3 is 6.03 Å². The van der Waals surface area contributed by atoms with E-state index in [-0.39, 0.29) is 23.8 Å². The molecule has 4 rings (SSSR count). The van der Waals surface area contributed by atoms with E-state index in [1.165, 1.54) is 6.07 Å². The third kappa shape index (κ3) is 3.41. The van der Waals surface area contributed by atoms with Crippen LogP contribution in [-0.4, -0.2) is 41.9 Å². The van der Waals surface area contributed by atoms with Crippen LogP contribution < -0.4 is 10.6 Å². The van der Waals surface area contributed by atoms with Gasteiger partial charge in [-0.05, 0) is 30.7 Å². The Labute approximate surface area is 156 Å². The van der Waals surface area contributed by atoms with Crippen molar-refractivity contribution in [2.45, 2.75) is 19.1 Å². The molecule has 7 heteroatoms. The molecule has 0 bridgehead atoms. The SMILES string of the molecule is CC1CN(C(=O)Nc2ccc3c(c2)C(=O)NC3=O)CC(c2ccccc2)O1. The van der Waals surface area contributed by atoms with Gasteiger partial charge in [-0.1, -0.05) is 30.3 Å². The summed E-state index contributed by atoms with van der Waals surface area (Å²) in [5.74, 6) is -0.865. The Morgan fingerprint density at radius 2 is 1.81 bits per heavy atom. The second kappa shape index (κ2) is 6.85. The van der Waals surface area contributed by atoms with Gasteiger partial charge in [0.05, 0.1) is 23.8 Å². The molecular formula is C20H19N3O4. The standard InChI is InChI=1S/C20H19N3O4/c1-12-10-23(11-17(27-12)13-5-3-2-4-6-13)20(26)21-14-7-8-15-16(9-14)19(25)22-18(15)24/h2-9,12,17H,10-11H2,1H3,(H,21,26)(H,22,24,25). The number of anilines is 1. The first kappa shape index (κ1) is 17.2. The van der Waals surface area contributed by atoms with Crippen LogP contribution in [0, 0.1) is 0 Å². The van der Waals surface area contributed by atoms with E-state index in [2.05, 4.69) is 10.6 Å². The van der Waals surface area contributed by atoms with Crippen LogP contribution in [0.3, 0.4) is 0 Å². The van der Waals surface area contributed by atoms with E-state index in [0.29, 0.717) is 24.3 Å². The fourth-order valence-corrected chi connectivity index (χ4v) is 3.42. The topological polar surface area (TPSA) is 87.7 Å². The summed E-state index contributed by atoms with van der Waals surface area (Å²) in [6.45, 7) is 2.84. The average molecular weight is 365 g/mol. The summed E-state index contributed by atoms with van der Waals surface area (Å²) in [4.78, 5) is 37.8. The van der Waals surface area contributed by atoms with Crippen molar-refractivity contribution in [1.82, 2.24) is 10.2 Å². The lowest BCUT2D eigenvalue weighted by molar-refractivity contribution is -0.0642. The van der Waals surface area contributed by atoms with Crippen molar-refractivity contribution < 1.29 is 19.1 Å². The van der Waals surface area contributed by atoms with Gasteiger partial charge < -0.3 is 15.0 Å². The smallest absolute Gasteiger partial charge is 0.322 e. The molecule has 2 aliphatic rings. The largest absolute Gasteiger partial charge is 0.367 e. The lowest BCUT2D eigenvalue weighted by Gasteiger charge is -2.37. The van der Waals surface area contributed by atoms with Crippen LogP contribution in [0.15, 0.2) is 48.5 Å². The number of amides is 4. The van der Waals surface area contributed by atoms with Crippen LogP contribution in [0.4, 0.5) is 10.5 Å². The number of hydrogen-bond donors (Lipinski definition) is 2. The fraction of sp³-hybridized carbons (Fsp3) is 0.250. The predicted molar refractivity (Wildman–Crippen MR) is 98.6 cm³/mol. The summed E-state index contributed by atoms with van der Waals surface area (Å²) in [6, 6.07) is 14.2. The van der Waals surface area contributed by atoms with Crippen molar-refractivity contribution >= 4 is 23.5 Å². The lowest BCUT2D eigenvalue weighted by Crippen LogP contribution is -2.47. The van der Waals surface area contributed by atoms with Crippen molar-refractivity contribution in [3.05, 3.63) is 65.2 Å². The monoisotopic (exact) mass is 365 g/mol. The highest BCUT2D eigenvalue weighted by Gasteiger charge is 2.30. The Balaban J connectivity index is 1.49. The van der Waals surface area contributed by atoms with Gasteiger partial charge in [-0.15, -0.1) is 0 Å². The molecule has 0 spiro atoms. The van der Waals surface area contributed by atoms with E-state index in [1.807, 2.05) is 37.3 Å². The van der Waals surface area contributed by atoms with Crippen LogP contribution in [-0.2, 0) is 4.74 Å². The third-order valence-electron chi connectivity index (χ3n) is 4.71. The summed E-state index contributed by atoms with van der Waals surface area (Å²) < 4.78 is 5.98. The second-order valence-corrected chi connectivity index (χ2v) is 6.72. The van der Waals surface area contributed by atoms with Gasteiger partial charge in [0.15, 0.2) is 0 Å². The van der Waals surface area contributed by atoms with Crippen LogP contribution in [0.2, 0.25) is 0 Å². The minimum atomic E-state index is -0.449. The van der Waals surface area contributed by atoms with Gasteiger partial charge in [0, 0.05) is 12.2 Å². The highest BCUT2D eigenvalue weighted by molar-refractivity contribution is 6.22. The molecule has 2 aliphatic heterocycles. The van der Waals surface area contributed by atoms with Gasteiger partial charge in [0.25, 0.3) is 11.8 Å². The van der Waals surface area contributed by atoms with E-state index in [1.54, 1.807) is 17.0 Å². The first-order chi connectivity index (χ1) is 13.0. The number of rotatable bonds is 2. The van der Waals surface area contributed by atoms with Gasteiger partial charge in [-0.2, -0.15) is 0 Å². The Morgan fingerprint density at radius 1 is 1.07 bits per heavy atom. The fourth-order valence-electron chi connectivity index (χ4n) is 3.42. The zero-order chi connectivity index (χ0) is 19.0. The van der Waals surface area contributed by atoms with Gasteiger partial charge in [-0.25, -0.2) is 4.79 Å². The van der Waals surface area contributed by atoms with E-state index in [0.717, 1.165) is 5.56 Å². The molecule has 2 aromatic rings. The summed E-state index contributed by atoms with van der Waals surface area (Å²) in [5.41, 5.74) is 2.09. The van der Waals surface area contributed by atoms with Gasteiger partial charge in [0.1, 0.15) is 6.10 Å². The molecule has 138 valence electrons. The molecule has 0 saturated carbocycles. The molecule has 1 saturated heterocycles. The number of benzene rings is 2. The maximum Gasteiger partial charge on any atom is 0.322 e. The first-order valence-electron chi connectivity index (χ1n) is 8.77. The van der Waals surface area contributed by atoms with Crippen molar-refractivity contribution in [2.75, 3.05) is 18.4 Å². The van der Waals surface area contributed by atoms with E-state index >= 15 is 0 Å². The van der Waals surface area contributed by atoms with Crippen molar-refractivity contribution in [3.63, 3.8) is 0 Å². The second-order valence-electron chi connectivity index (χ2n) is 6.72. The van der Waals surface area contributed by atoms with Crippen LogP contribution in [0.1, 0.15) is 39.3 Å². The van der Waals surface area contributed by atoms with Crippen molar-refractivity contribution in [2.24, 2.45) is 0 Å². The number of carbonyl (C=O) groups excluding carboxylic acids is 3. The normalized spacial score (nSPS) is 21.6. The number of fused-ring (bicyclic) bond motifs is 1. The predicted octanol–water partition coefficient (Wildman–Crippen LogP) is 2.56. The van der Waals surface area contributed by atoms with Crippen LogP contribution in [0.25, 0.3) is 0 Å². The summed E-state index contributed by atoms with van der Waals surface area (Å²) in [6.07, 6.45) is -0.290. The quantitative estimate of drug-likeness (QED) is 0.801. The number of nitrogens with one attached hydrogen (secondary N) is 2. The highest BCUT2D eigenvalue weighted by Crippen LogP contribution is 2.26. The van der Waals surface area contributed by atoms with E-state index < -0.39 is 11.8 Å². The Bertz CT molecular complexity index is 913. The van der Waals surface area contributed by atoms with Gasteiger partial charge in [-0.3, -0.25) is 14.9 Å². The molecule has 0 radical (unpaired) electrons. The maximum atomic E-state index is 12.7. The summed E-state index contributed by atoms with van der Waals surface area (Å²) in [7, 11) is 0. The molecule has 27 heavy (non-hydrogen) atoms. The molecule has 2 heterocycles. The maximum absolute atomic E-state index is 12.7. The summed E-state index contributed by atoms with van der Waals surface area (Å²) in [5, 5.41) is 5.05. The Kier molecular flexibility index (Phi) is 4.37. The molecule has 2 unspecified atom stereocenters. The molecular weight excluding hydrogens is 346 g/mol. The molecule has 2 atom stereocenters. The number of carbonyl (C=O) groups is 3. The average Bonchev–Trinajstić information content (AvgIpc) is 2.95. The number of hydrogen-bond acceptors (Lipinski definition) is 4. The highest BCUT2D eigenvalue weighted by atomic mass is 16.5. The Hall–Kier alpha value is -3.19. The number of nitrogens with zero attached hydrogens (tertiary/aromatic N) is 1. The minimum Gasteiger partial charge on any atom is -0.367 e. The van der Waals surface area contributed by atoms with Crippen LogP contribution in [0.5, 0.6) is 0 Å². The number of morpholine rings is 1. The molecule has 1 fully saturated rings. The number of imide groups is 1. The molecule has 0 aromatic heterocycles. The lowest BCUT2D eigenvalue weighted by atomic mass is 10.1. The zero-order valence-corrected chi connectivity index (χ0v) is 14.8. The number of urea groups is 1. The van der Waals surface area contributed by atoms with E-state index in [9.17, 15) is 14.4 Å². The molecule has 2 N–H and O–H groups in total. The molecule has 2 aromatic carbocycles. The van der Waals surface area contributed by atoms with E-state index in [4.69, 9.17) is 4.74 Å². The Morgan fingerprint density at radius 3 is 2.59 bits per heavy atom. The molecule has 7 nitrogen and oxygen atoms in total. The zero-order valence-electron chi connectivity index (χ0n) is 14.8.